The van der Waals surface area contributed by atoms with Gasteiger partial charge in [0.05, 0.1) is 30.2 Å². The Balaban J connectivity index is 1.50. The van der Waals surface area contributed by atoms with E-state index in [9.17, 15) is 18.8 Å². The molecule has 5 rings (SSSR count). The summed E-state index contributed by atoms with van der Waals surface area (Å²) in [5.41, 5.74) is 0.875. The van der Waals surface area contributed by atoms with Crippen LogP contribution >= 0.6 is 0 Å². The first-order valence-corrected chi connectivity index (χ1v) is 12.0. The number of nitrogens with zero attached hydrogens (tertiary/aromatic N) is 3. The summed E-state index contributed by atoms with van der Waals surface area (Å²) in [6.07, 6.45) is 1.92. The normalized spacial score (nSPS) is 17.4. The minimum absolute atomic E-state index is 0.109. The first-order valence-electron chi connectivity index (χ1n) is 12.0. The standard InChI is InChI=1S/C25H28FN5O4/c1-2-31-22-21(24(33)29-25(31)34)18(13-19(28-22)15-3-4-15)23(32)27-14-20(30-9-11-35-12-10-30)16-5-7-17(26)8-6-16/h5-8,13,15,20H,2-4,9-12,14H2,1H3,(H,27,32)(H,29,33,34). The molecule has 3 aromatic rings. The molecule has 1 aliphatic carbocycles. The number of aryl methyl sites for hydroxylation is 1. The van der Waals surface area contributed by atoms with Crippen LogP contribution in [0.3, 0.4) is 0 Å². The van der Waals surface area contributed by atoms with Crippen molar-refractivity contribution in [1.82, 2.24) is 24.8 Å². The lowest BCUT2D eigenvalue weighted by atomic mass is 10.0. The smallest absolute Gasteiger partial charge is 0.329 e. The quantitative estimate of drug-likeness (QED) is 0.534. The van der Waals surface area contributed by atoms with Gasteiger partial charge >= 0.3 is 5.69 Å². The molecule has 2 N–H and O–H groups in total. The molecule has 184 valence electrons. The molecule has 35 heavy (non-hydrogen) atoms. The maximum absolute atomic E-state index is 13.5. The number of H-pyrrole nitrogens is 1. The average molecular weight is 482 g/mol. The number of ether oxygens (including phenoxy) is 1. The van der Waals surface area contributed by atoms with Gasteiger partial charge in [0.2, 0.25) is 0 Å². The van der Waals surface area contributed by atoms with Crippen LogP contribution in [-0.4, -0.2) is 58.2 Å². The van der Waals surface area contributed by atoms with Gasteiger partial charge in [-0.25, -0.2) is 14.2 Å². The number of rotatable bonds is 7. The van der Waals surface area contributed by atoms with E-state index in [1.807, 2.05) is 0 Å². The van der Waals surface area contributed by atoms with E-state index in [0.29, 0.717) is 32.8 Å². The number of morpholine rings is 1. The summed E-state index contributed by atoms with van der Waals surface area (Å²) in [4.78, 5) is 47.7. The molecular formula is C25H28FN5O4. The lowest BCUT2D eigenvalue weighted by Gasteiger charge is -2.35. The molecule has 10 heteroatoms. The molecule has 0 spiro atoms. The minimum Gasteiger partial charge on any atom is -0.379 e. The second-order valence-corrected chi connectivity index (χ2v) is 9.00. The first-order chi connectivity index (χ1) is 17.0. The number of pyridine rings is 1. The van der Waals surface area contributed by atoms with E-state index >= 15 is 0 Å². The van der Waals surface area contributed by atoms with Gasteiger partial charge in [-0.3, -0.25) is 24.0 Å². The summed E-state index contributed by atoms with van der Waals surface area (Å²) in [5, 5.41) is 3.09. The molecule has 1 saturated carbocycles. The molecule has 2 fully saturated rings. The zero-order valence-corrected chi connectivity index (χ0v) is 19.6. The Hall–Kier alpha value is -3.37. The van der Waals surface area contributed by atoms with Crippen LogP contribution in [0.2, 0.25) is 0 Å². The molecule has 1 saturated heterocycles. The Labute approximate surface area is 200 Å². The maximum atomic E-state index is 13.5. The number of carbonyl (C=O) groups is 1. The molecule has 2 aliphatic rings. The van der Waals surface area contributed by atoms with Crippen molar-refractivity contribution in [2.45, 2.75) is 38.3 Å². The van der Waals surface area contributed by atoms with Gasteiger partial charge in [-0.1, -0.05) is 12.1 Å². The van der Waals surface area contributed by atoms with Crippen molar-refractivity contribution < 1.29 is 13.9 Å². The third kappa shape index (κ3) is 4.76. The summed E-state index contributed by atoms with van der Waals surface area (Å²) >= 11 is 0. The third-order valence-corrected chi connectivity index (χ3v) is 6.72. The zero-order chi connectivity index (χ0) is 24.5. The molecule has 0 radical (unpaired) electrons. The van der Waals surface area contributed by atoms with Crippen LogP contribution in [0.5, 0.6) is 0 Å². The number of carbonyl (C=O) groups excluding carboxylic acids is 1. The maximum Gasteiger partial charge on any atom is 0.329 e. The van der Waals surface area contributed by atoms with Crippen LogP contribution in [0.25, 0.3) is 11.0 Å². The number of fused-ring (bicyclic) bond motifs is 1. The SMILES string of the molecule is CCn1c(=O)[nH]c(=O)c2c(C(=O)NCC(c3ccc(F)cc3)N3CCOCC3)cc(C3CC3)nc21. The van der Waals surface area contributed by atoms with Gasteiger partial charge in [-0.2, -0.15) is 0 Å². The monoisotopic (exact) mass is 481 g/mol. The van der Waals surface area contributed by atoms with Gasteiger partial charge in [0.25, 0.3) is 11.5 Å². The second-order valence-electron chi connectivity index (χ2n) is 9.00. The van der Waals surface area contributed by atoms with Gasteiger partial charge in [0.1, 0.15) is 5.82 Å². The fraction of sp³-hybridized carbons (Fsp3) is 0.440. The topological polar surface area (TPSA) is 109 Å². The van der Waals surface area contributed by atoms with Crippen LogP contribution in [0.15, 0.2) is 39.9 Å². The number of hydrogen-bond donors (Lipinski definition) is 2. The van der Waals surface area contributed by atoms with Crippen molar-refractivity contribution in [3.05, 3.63) is 73.8 Å². The molecule has 1 atom stereocenters. The molecule has 2 aromatic heterocycles. The Morgan fingerprint density at radius 2 is 1.94 bits per heavy atom. The molecule has 1 aromatic carbocycles. The second kappa shape index (κ2) is 9.71. The highest BCUT2D eigenvalue weighted by Crippen LogP contribution is 2.39. The molecule has 3 heterocycles. The van der Waals surface area contributed by atoms with Gasteiger partial charge in [0.15, 0.2) is 5.65 Å². The van der Waals surface area contributed by atoms with Crippen molar-refractivity contribution in [1.29, 1.82) is 0 Å². The highest BCUT2D eigenvalue weighted by Gasteiger charge is 2.29. The Morgan fingerprint density at radius 3 is 2.60 bits per heavy atom. The molecule has 1 aliphatic heterocycles. The molecule has 9 nitrogen and oxygen atoms in total. The predicted molar refractivity (Wildman–Crippen MR) is 128 cm³/mol. The van der Waals surface area contributed by atoms with Crippen molar-refractivity contribution in [3.8, 4) is 0 Å². The zero-order valence-electron chi connectivity index (χ0n) is 19.6. The predicted octanol–water partition coefficient (Wildman–Crippen LogP) is 1.92. The van der Waals surface area contributed by atoms with Gasteiger partial charge in [0, 0.05) is 37.8 Å². The summed E-state index contributed by atoms with van der Waals surface area (Å²) in [7, 11) is 0. The van der Waals surface area contributed by atoms with E-state index in [-0.39, 0.29) is 40.9 Å². The number of halogens is 1. The van der Waals surface area contributed by atoms with Gasteiger partial charge in [-0.05, 0) is 43.5 Å². The van der Waals surface area contributed by atoms with Gasteiger partial charge < -0.3 is 10.1 Å². The Morgan fingerprint density at radius 1 is 1.23 bits per heavy atom. The molecular weight excluding hydrogens is 453 g/mol. The van der Waals surface area contributed by atoms with Crippen molar-refractivity contribution in [2.75, 3.05) is 32.8 Å². The molecule has 1 unspecified atom stereocenters. The highest BCUT2D eigenvalue weighted by molar-refractivity contribution is 6.05. The summed E-state index contributed by atoms with van der Waals surface area (Å²) in [6, 6.07) is 7.75. The Kier molecular flexibility index (Phi) is 6.48. The van der Waals surface area contributed by atoms with Crippen LogP contribution in [0.4, 0.5) is 4.39 Å². The Bertz CT molecular complexity index is 1360. The number of aromatic nitrogens is 3. The average Bonchev–Trinajstić information content (AvgIpc) is 3.71. The minimum atomic E-state index is -0.627. The lowest BCUT2D eigenvalue weighted by molar-refractivity contribution is 0.0162. The molecule has 1 amide bonds. The largest absolute Gasteiger partial charge is 0.379 e. The van der Waals surface area contributed by atoms with Crippen LogP contribution in [0, 0.1) is 5.82 Å². The van der Waals surface area contributed by atoms with E-state index in [1.54, 1.807) is 25.1 Å². The highest BCUT2D eigenvalue weighted by atomic mass is 19.1. The third-order valence-electron chi connectivity index (χ3n) is 6.72. The van der Waals surface area contributed by atoms with Crippen molar-refractivity contribution in [3.63, 3.8) is 0 Å². The van der Waals surface area contributed by atoms with E-state index in [0.717, 1.165) is 24.1 Å². The summed E-state index contributed by atoms with van der Waals surface area (Å²) in [6.45, 7) is 4.90. The number of nitrogens with one attached hydrogen (secondary N) is 2. The van der Waals surface area contributed by atoms with E-state index < -0.39 is 17.2 Å². The summed E-state index contributed by atoms with van der Waals surface area (Å²) in [5.74, 6) is -0.506. The van der Waals surface area contributed by atoms with Crippen LogP contribution < -0.4 is 16.6 Å². The fourth-order valence-corrected chi connectivity index (χ4v) is 4.67. The molecule has 0 bridgehead atoms. The fourth-order valence-electron chi connectivity index (χ4n) is 4.67. The first kappa shape index (κ1) is 23.4. The number of amides is 1. The summed E-state index contributed by atoms with van der Waals surface area (Å²) < 4.78 is 20.4. The lowest BCUT2D eigenvalue weighted by Crippen LogP contribution is -2.44. The van der Waals surface area contributed by atoms with E-state index in [2.05, 4.69) is 20.2 Å². The number of aromatic amines is 1. The van der Waals surface area contributed by atoms with Crippen LogP contribution in [-0.2, 0) is 11.3 Å². The van der Waals surface area contributed by atoms with Crippen molar-refractivity contribution >= 4 is 16.9 Å². The van der Waals surface area contributed by atoms with E-state index in [1.165, 1.54) is 16.7 Å². The van der Waals surface area contributed by atoms with E-state index in [4.69, 9.17) is 4.74 Å². The van der Waals surface area contributed by atoms with Gasteiger partial charge in [-0.15, -0.1) is 0 Å². The van der Waals surface area contributed by atoms with Crippen molar-refractivity contribution in [2.24, 2.45) is 0 Å². The number of benzene rings is 1. The van der Waals surface area contributed by atoms with Crippen LogP contribution in [0.1, 0.15) is 53.3 Å². The number of hydrogen-bond acceptors (Lipinski definition) is 6.